The lowest BCUT2D eigenvalue weighted by molar-refractivity contribution is 0.545. The van der Waals surface area contributed by atoms with Crippen LogP contribution in [0.2, 0.25) is 0 Å². The van der Waals surface area contributed by atoms with Crippen LogP contribution >= 0.6 is 11.3 Å². The van der Waals surface area contributed by atoms with Crippen LogP contribution in [0, 0.1) is 18.6 Å². The third-order valence-electron chi connectivity index (χ3n) is 2.95. The first kappa shape index (κ1) is 13.2. The van der Waals surface area contributed by atoms with Gasteiger partial charge in [0.25, 0.3) is 0 Å². The number of benzene rings is 1. The molecule has 1 heterocycles. The van der Waals surface area contributed by atoms with Crippen molar-refractivity contribution < 1.29 is 8.78 Å². The molecule has 1 unspecified atom stereocenters. The summed E-state index contributed by atoms with van der Waals surface area (Å²) in [5.74, 6) is -1.07. The van der Waals surface area contributed by atoms with Crippen molar-refractivity contribution in [2.24, 2.45) is 0 Å². The fraction of sp³-hybridized carbons (Fsp3) is 0.286. The molecule has 0 fully saturated rings. The molecule has 0 bridgehead atoms. The number of nitrogens with one attached hydrogen (secondary N) is 1. The average molecular weight is 267 g/mol. The molecule has 0 spiro atoms. The highest BCUT2D eigenvalue weighted by Crippen LogP contribution is 2.18. The van der Waals surface area contributed by atoms with Crippen molar-refractivity contribution in [3.05, 3.63) is 57.3 Å². The number of thiophene rings is 1. The molecule has 2 aromatic rings. The normalized spacial score (nSPS) is 12.7. The van der Waals surface area contributed by atoms with Crippen LogP contribution < -0.4 is 5.32 Å². The van der Waals surface area contributed by atoms with E-state index in [0.717, 1.165) is 6.07 Å². The van der Waals surface area contributed by atoms with Crippen LogP contribution in [-0.2, 0) is 6.54 Å². The van der Waals surface area contributed by atoms with E-state index in [4.69, 9.17) is 0 Å². The molecule has 2 rings (SSSR count). The molecule has 1 atom stereocenters. The zero-order chi connectivity index (χ0) is 13.1. The topological polar surface area (TPSA) is 12.0 Å². The van der Waals surface area contributed by atoms with Gasteiger partial charge in [-0.3, -0.25) is 0 Å². The lowest BCUT2D eigenvalue weighted by Gasteiger charge is -2.14. The second-order valence-electron chi connectivity index (χ2n) is 4.39. The van der Waals surface area contributed by atoms with Crippen LogP contribution in [0.4, 0.5) is 8.78 Å². The van der Waals surface area contributed by atoms with Gasteiger partial charge in [0.1, 0.15) is 11.6 Å². The summed E-state index contributed by atoms with van der Waals surface area (Å²) in [7, 11) is 0. The molecule has 1 nitrogen and oxygen atoms in total. The average Bonchev–Trinajstić information content (AvgIpc) is 2.70. The first-order chi connectivity index (χ1) is 8.56. The van der Waals surface area contributed by atoms with Crippen molar-refractivity contribution in [2.45, 2.75) is 26.4 Å². The number of hydrogen-bond acceptors (Lipinski definition) is 2. The van der Waals surface area contributed by atoms with E-state index in [2.05, 4.69) is 23.0 Å². The number of rotatable bonds is 4. The SMILES string of the molecule is Cc1cscc1CNC(C)c1cc(F)cc(F)c1. The molecule has 0 aliphatic rings. The fourth-order valence-electron chi connectivity index (χ4n) is 1.77. The van der Waals surface area contributed by atoms with Gasteiger partial charge in [-0.15, -0.1) is 0 Å². The van der Waals surface area contributed by atoms with Gasteiger partial charge >= 0.3 is 0 Å². The van der Waals surface area contributed by atoms with Crippen molar-refractivity contribution in [1.82, 2.24) is 5.32 Å². The summed E-state index contributed by atoms with van der Waals surface area (Å²) < 4.78 is 26.2. The minimum absolute atomic E-state index is 0.0884. The van der Waals surface area contributed by atoms with Crippen molar-refractivity contribution >= 4 is 11.3 Å². The quantitative estimate of drug-likeness (QED) is 0.876. The van der Waals surface area contributed by atoms with E-state index in [1.807, 2.05) is 6.92 Å². The summed E-state index contributed by atoms with van der Waals surface area (Å²) in [5.41, 5.74) is 3.09. The molecule has 96 valence electrons. The predicted molar refractivity (Wildman–Crippen MR) is 70.7 cm³/mol. The second kappa shape index (κ2) is 5.59. The Kier molecular flexibility index (Phi) is 4.09. The van der Waals surface area contributed by atoms with Crippen LogP contribution in [-0.4, -0.2) is 0 Å². The largest absolute Gasteiger partial charge is 0.306 e. The number of halogens is 2. The molecule has 0 saturated heterocycles. The van der Waals surface area contributed by atoms with E-state index in [1.165, 1.54) is 23.3 Å². The molecule has 0 aliphatic heterocycles. The monoisotopic (exact) mass is 267 g/mol. The smallest absolute Gasteiger partial charge is 0.126 e. The van der Waals surface area contributed by atoms with E-state index in [-0.39, 0.29) is 6.04 Å². The van der Waals surface area contributed by atoms with Crippen molar-refractivity contribution in [3.8, 4) is 0 Å². The molecule has 0 saturated carbocycles. The Morgan fingerprint density at radius 2 is 1.83 bits per heavy atom. The summed E-state index contributed by atoms with van der Waals surface area (Å²) in [4.78, 5) is 0. The van der Waals surface area contributed by atoms with Gasteiger partial charge in [-0.05, 0) is 53.4 Å². The maximum absolute atomic E-state index is 13.1. The Labute approximate surface area is 109 Å². The Morgan fingerprint density at radius 3 is 2.39 bits per heavy atom. The zero-order valence-electron chi connectivity index (χ0n) is 10.3. The minimum atomic E-state index is -0.537. The highest BCUT2D eigenvalue weighted by molar-refractivity contribution is 7.08. The van der Waals surface area contributed by atoms with Gasteiger partial charge in [-0.1, -0.05) is 0 Å². The Hall–Kier alpha value is -1.26. The van der Waals surface area contributed by atoms with Gasteiger partial charge in [-0.25, -0.2) is 8.78 Å². The Morgan fingerprint density at radius 1 is 1.17 bits per heavy atom. The van der Waals surface area contributed by atoms with Gasteiger partial charge in [0.15, 0.2) is 0 Å². The van der Waals surface area contributed by atoms with Gasteiger partial charge < -0.3 is 5.32 Å². The standard InChI is InChI=1S/C14H15F2NS/c1-9-7-18-8-12(9)6-17-10(2)11-3-13(15)5-14(16)4-11/h3-5,7-8,10,17H,6H2,1-2H3. The van der Waals surface area contributed by atoms with Gasteiger partial charge in [-0.2, -0.15) is 11.3 Å². The number of aryl methyl sites for hydroxylation is 1. The fourth-order valence-corrected chi connectivity index (χ4v) is 2.63. The summed E-state index contributed by atoms with van der Waals surface area (Å²) in [6.45, 7) is 4.66. The molecular formula is C14H15F2NS. The van der Waals surface area contributed by atoms with Gasteiger partial charge in [0.05, 0.1) is 0 Å². The Bertz CT molecular complexity index is 516. The molecule has 1 N–H and O–H groups in total. The lowest BCUT2D eigenvalue weighted by atomic mass is 10.1. The van der Waals surface area contributed by atoms with E-state index in [1.54, 1.807) is 11.3 Å². The maximum Gasteiger partial charge on any atom is 0.126 e. The molecule has 0 aliphatic carbocycles. The molecule has 1 aromatic heterocycles. The first-order valence-electron chi connectivity index (χ1n) is 5.77. The summed E-state index contributed by atoms with van der Waals surface area (Å²) in [6.07, 6.45) is 0. The molecule has 18 heavy (non-hydrogen) atoms. The maximum atomic E-state index is 13.1. The molecule has 0 amide bonds. The molecular weight excluding hydrogens is 252 g/mol. The highest BCUT2D eigenvalue weighted by atomic mass is 32.1. The summed E-state index contributed by atoms with van der Waals surface area (Å²) in [6, 6.07) is 3.52. The minimum Gasteiger partial charge on any atom is -0.306 e. The van der Waals surface area contributed by atoms with E-state index in [9.17, 15) is 8.78 Å². The van der Waals surface area contributed by atoms with Gasteiger partial charge in [0.2, 0.25) is 0 Å². The van der Waals surface area contributed by atoms with E-state index >= 15 is 0 Å². The molecule has 1 aromatic carbocycles. The zero-order valence-corrected chi connectivity index (χ0v) is 11.2. The van der Waals surface area contributed by atoms with E-state index in [0.29, 0.717) is 12.1 Å². The lowest BCUT2D eigenvalue weighted by Crippen LogP contribution is -2.18. The van der Waals surface area contributed by atoms with Crippen molar-refractivity contribution in [1.29, 1.82) is 0 Å². The van der Waals surface area contributed by atoms with E-state index < -0.39 is 11.6 Å². The van der Waals surface area contributed by atoms with Crippen LogP contribution in [0.1, 0.15) is 29.7 Å². The van der Waals surface area contributed by atoms with Crippen molar-refractivity contribution in [3.63, 3.8) is 0 Å². The third-order valence-corrected chi connectivity index (χ3v) is 3.86. The highest BCUT2D eigenvalue weighted by Gasteiger charge is 2.09. The van der Waals surface area contributed by atoms with Crippen LogP contribution in [0.5, 0.6) is 0 Å². The predicted octanol–water partition coefficient (Wildman–Crippen LogP) is 4.19. The van der Waals surface area contributed by atoms with Crippen LogP contribution in [0.15, 0.2) is 29.0 Å². The molecule has 0 radical (unpaired) electrons. The van der Waals surface area contributed by atoms with Gasteiger partial charge in [0, 0.05) is 18.7 Å². The molecule has 4 heteroatoms. The Balaban J connectivity index is 2.03. The number of hydrogen-bond donors (Lipinski definition) is 1. The summed E-state index contributed by atoms with van der Waals surface area (Å²) >= 11 is 1.66. The van der Waals surface area contributed by atoms with Crippen molar-refractivity contribution in [2.75, 3.05) is 0 Å². The second-order valence-corrected chi connectivity index (χ2v) is 5.13. The third kappa shape index (κ3) is 3.15. The first-order valence-corrected chi connectivity index (χ1v) is 6.71. The summed E-state index contributed by atoms with van der Waals surface area (Å²) in [5, 5.41) is 7.44. The van der Waals surface area contributed by atoms with Crippen LogP contribution in [0.3, 0.4) is 0 Å². The van der Waals surface area contributed by atoms with Crippen LogP contribution in [0.25, 0.3) is 0 Å².